The summed E-state index contributed by atoms with van der Waals surface area (Å²) in [6, 6.07) is 0. The van der Waals surface area contributed by atoms with Crippen molar-refractivity contribution in [1.29, 1.82) is 0 Å². The summed E-state index contributed by atoms with van der Waals surface area (Å²) in [7, 11) is 0. The topological polar surface area (TPSA) is 29.1 Å². The van der Waals surface area contributed by atoms with Crippen LogP contribution in [0.2, 0.25) is 0 Å². The minimum Gasteiger partial charge on any atom is -0.356 e. The van der Waals surface area contributed by atoms with Crippen LogP contribution in [-0.4, -0.2) is 12.5 Å². The molecule has 1 saturated carbocycles. The fourth-order valence-electron chi connectivity index (χ4n) is 2.57. The highest BCUT2D eigenvalue weighted by Gasteiger charge is 2.22. The highest BCUT2D eigenvalue weighted by molar-refractivity contribution is 5.72. The molecule has 0 aliphatic heterocycles. The molecule has 1 rings (SSSR count). The second-order valence-electron chi connectivity index (χ2n) is 5.27. The predicted octanol–water partition coefficient (Wildman–Crippen LogP) is 2.98. The fourth-order valence-corrected chi connectivity index (χ4v) is 2.57. The molecule has 0 aromatic rings. The van der Waals surface area contributed by atoms with Gasteiger partial charge < -0.3 is 5.32 Å². The van der Waals surface area contributed by atoms with Crippen LogP contribution in [0.1, 0.15) is 52.9 Å². The van der Waals surface area contributed by atoms with E-state index in [2.05, 4.69) is 19.2 Å². The van der Waals surface area contributed by atoms with Gasteiger partial charge in [0.25, 0.3) is 0 Å². The van der Waals surface area contributed by atoms with Gasteiger partial charge in [0.2, 0.25) is 5.91 Å². The summed E-state index contributed by atoms with van der Waals surface area (Å²) in [5, 5.41) is 2.89. The molecule has 0 unspecified atom stereocenters. The van der Waals surface area contributed by atoms with Crippen LogP contribution in [0.3, 0.4) is 0 Å². The highest BCUT2D eigenvalue weighted by Crippen LogP contribution is 2.34. The summed E-state index contributed by atoms with van der Waals surface area (Å²) >= 11 is 0. The van der Waals surface area contributed by atoms with Crippen molar-refractivity contribution in [3.8, 4) is 0 Å². The molecule has 0 heterocycles. The lowest BCUT2D eigenvalue weighted by atomic mass is 9.76. The molecule has 1 atom stereocenters. The van der Waals surface area contributed by atoms with Crippen LogP contribution in [0, 0.1) is 17.8 Å². The van der Waals surface area contributed by atoms with E-state index in [-0.39, 0.29) is 5.91 Å². The number of carbonyl (C=O) groups is 1. The molecule has 0 saturated heterocycles. The second-order valence-corrected chi connectivity index (χ2v) is 5.27. The van der Waals surface area contributed by atoms with E-state index in [0.717, 1.165) is 30.7 Å². The molecular formula is C13H25NO. The number of hydrogen-bond acceptors (Lipinski definition) is 1. The maximum atomic E-state index is 10.7. The second kappa shape index (κ2) is 6.14. The lowest BCUT2D eigenvalue weighted by Crippen LogP contribution is -2.26. The lowest BCUT2D eigenvalue weighted by Gasteiger charge is -2.30. The van der Waals surface area contributed by atoms with Gasteiger partial charge in [0, 0.05) is 13.5 Å². The molecule has 0 radical (unpaired) electrons. The Morgan fingerprint density at radius 3 is 2.47 bits per heavy atom. The van der Waals surface area contributed by atoms with Crippen molar-refractivity contribution in [1.82, 2.24) is 5.32 Å². The van der Waals surface area contributed by atoms with Crippen LogP contribution in [0.5, 0.6) is 0 Å². The van der Waals surface area contributed by atoms with Crippen molar-refractivity contribution in [2.45, 2.75) is 52.9 Å². The zero-order valence-corrected chi connectivity index (χ0v) is 10.4. The van der Waals surface area contributed by atoms with Crippen LogP contribution in [-0.2, 0) is 4.79 Å². The van der Waals surface area contributed by atoms with Crippen molar-refractivity contribution in [2.75, 3.05) is 6.54 Å². The number of amides is 1. The first-order chi connectivity index (χ1) is 7.09. The summed E-state index contributed by atoms with van der Waals surface area (Å²) in [5.41, 5.74) is 0. The standard InChI is InChI=1S/C13H25NO/c1-10-4-6-13(7-5-10)11(2)8-9-14-12(3)15/h10-11,13H,4-9H2,1-3H3,(H,14,15)/t10?,11-,13?/m0/s1. The van der Waals surface area contributed by atoms with Gasteiger partial charge in [0.05, 0.1) is 0 Å². The van der Waals surface area contributed by atoms with E-state index in [1.807, 2.05) is 0 Å². The summed E-state index contributed by atoms with van der Waals surface area (Å²) < 4.78 is 0. The van der Waals surface area contributed by atoms with Gasteiger partial charge >= 0.3 is 0 Å². The van der Waals surface area contributed by atoms with Crippen LogP contribution >= 0.6 is 0 Å². The van der Waals surface area contributed by atoms with Gasteiger partial charge in [0.1, 0.15) is 0 Å². The van der Waals surface area contributed by atoms with Crippen LogP contribution in [0.15, 0.2) is 0 Å². The van der Waals surface area contributed by atoms with E-state index in [1.165, 1.54) is 25.7 Å². The SMILES string of the molecule is CC(=O)NCC[C@H](C)C1CCC(C)CC1. The van der Waals surface area contributed by atoms with E-state index in [9.17, 15) is 4.79 Å². The Labute approximate surface area is 93.8 Å². The molecule has 0 bridgehead atoms. The van der Waals surface area contributed by atoms with Crippen LogP contribution in [0.25, 0.3) is 0 Å². The number of hydrogen-bond donors (Lipinski definition) is 1. The van der Waals surface area contributed by atoms with E-state index in [4.69, 9.17) is 0 Å². The minimum absolute atomic E-state index is 0.0967. The molecule has 0 aromatic carbocycles. The molecule has 15 heavy (non-hydrogen) atoms. The van der Waals surface area contributed by atoms with Crippen LogP contribution in [0.4, 0.5) is 0 Å². The van der Waals surface area contributed by atoms with Crippen molar-refractivity contribution >= 4 is 5.91 Å². The van der Waals surface area contributed by atoms with Gasteiger partial charge in [-0.2, -0.15) is 0 Å². The van der Waals surface area contributed by atoms with Gasteiger partial charge in [0.15, 0.2) is 0 Å². The van der Waals surface area contributed by atoms with Gasteiger partial charge in [-0.15, -0.1) is 0 Å². The number of carbonyl (C=O) groups excluding carboxylic acids is 1. The van der Waals surface area contributed by atoms with Crippen molar-refractivity contribution < 1.29 is 4.79 Å². The zero-order valence-electron chi connectivity index (χ0n) is 10.4. The quantitative estimate of drug-likeness (QED) is 0.761. The first kappa shape index (κ1) is 12.5. The average Bonchev–Trinajstić information content (AvgIpc) is 2.18. The average molecular weight is 211 g/mol. The monoisotopic (exact) mass is 211 g/mol. The van der Waals surface area contributed by atoms with Gasteiger partial charge in [-0.25, -0.2) is 0 Å². The molecule has 0 aromatic heterocycles. The minimum atomic E-state index is 0.0967. The zero-order chi connectivity index (χ0) is 11.3. The fraction of sp³-hybridized carbons (Fsp3) is 0.923. The Bertz CT molecular complexity index is 195. The molecule has 2 heteroatoms. The molecule has 2 nitrogen and oxygen atoms in total. The Balaban J connectivity index is 2.16. The Kier molecular flexibility index (Phi) is 5.13. The largest absolute Gasteiger partial charge is 0.356 e. The summed E-state index contributed by atoms with van der Waals surface area (Å²) in [5.74, 6) is 2.70. The molecular weight excluding hydrogens is 186 g/mol. The Morgan fingerprint density at radius 2 is 1.93 bits per heavy atom. The summed E-state index contributed by atoms with van der Waals surface area (Å²) in [6.45, 7) is 7.14. The smallest absolute Gasteiger partial charge is 0.216 e. The van der Waals surface area contributed by atoms with Gasteiger partial charge in [-0.1, -0.05) is 26.7 Å². The molecule has 1 amide bonds. The van der Waals surface area contributed by atoms with E-state index in [1.54, 1.807) is 6.92 Å². The molecule has 1 aliphatic rings. The first-order valence-electron chi connectivity index (χ1n) is 6.34. The van der Waals surface area contributed by atoms with Gasteiger partial charge in [-0.05, 0) is 37.0 Å². The van der Waals surface area contributed by atoms with E-state index >= 15 is 0 Å². The third-order valence-electron chi connectivity index (χ3n) is 3.84. The molecule has 88 valence electrons. The van der Waals surface area contributed by atoms with Gasteiger partial charge in [-0.3, -0.25) is 4.79 Å². The first-order valence-corrected chi connectivity index (χ1v) is 6.34. The molecule has 1 aliphatic carbocycles. The van der Waals surface area contributed by atoms with E-state index in [0.29, 0.717) is 0 Å². The Hall–Kier alpha value is -0.530. The Morgan fingerprint density at radius 1 is 1.33 bits per heavy atom. The van der Waals surface area contributed by atoms with Crippen LogP contribution < -0.4 is 5.32 Å². The predicted molar refractivity (Wildman–Crippen MR) is 63.6 cm³/mol. The maximum Gasteiger partial charge on any atom is 0.216 e. The third kappa shape index (κ3) is 4.67. The number of nitrogens with one attached hydrogen (secondary N) is 1. The van der Waals surface area contributed by atoms with Crippen molar-refractivity contribution in [3.05, 3.63) is 0 Å². The normalized spacial score (nSPS) is 28.5. The third-order valence-corrected chi connectivity index (χ3v) is 3.84. The van der Waals surface area contributed by atoms with E-state index < -0.39 is 0 Å². The van der Waals surface area contributed by atoms with Crippen molar-refractivity contribution in [3.63, 3.8) is 0 Å². The molecule has 1 N–H and O–H groups in total. The lowest BCUT2D eigenvalue weighted by molar-refractivity contribution is -0.119. The maximum absolute atomic E-state index is 10.7. The molecule has 1 fully saturated rings. The highest BCUT2D eigenvalue weighted by atomic mass is 16.1. The van der Waals surface area contributed by atoms with Crippen molar-refractivity contribution in [2.24, 2.45) is 17.8 Å². The number of rotatable bonds is 4. The molecule has 0 spiro atoms. The summed E-state index contributed by atoms with van der Waals surface area (Å²) in [6.07, 6.45) is 6.72. The summed E-state index contributed by atoms with van der Waals surface area (Å²) in [4.78, 5) is 10.7.